The summed E-state index contributed by atoms with van der Waals surface area (Å²) in [5.41, 5.74) is 5.15. The minimum atomic E-state index is -0.209. The highest BCUT2D eigenvalue weighted by molar-refractivity contribution is 5.91. The van der Waals surface area contributed by atoms with Crippen LogP contribution in [0, 0.1) is 6.92 Å². The number of hydrogen-bond donors (Lipinski definition) is 1. The van der Waals surface area contributed by atoms with Gasteiger partial charge in [-0.1, -0.05) is 48.5 Å². The van der Waals surface area contributed by atoms with Gasteiger partial charge in [0.1, 0.15) is 0 Å². The second-order valence-corrected chi connectivity index (χ2v) is 7.41. The van der Waals surface area contributed by atoms with Gasteiger partial charge in [0.15, 0.2) is 11.5 Å². The number of hydrogen-bond acceptors (Lipinski definition) is 3. The van der Waals surface area contributed by atoms with Crippen molar-refractivity contribution in [1.82, 2.24) is 4.90 Å². The van der Waals surface area contributed by atoms with Gasteiger partial charge in [0.25, 0.3) is 0 Å². The Labute approximate surface area is 177 Å². The van der Waals surface area contributed by atoms with E-state index in [1.54, 1.807) is 14.2 Å². The fraction of sp³-hybridized carbons (Fsp3) is 0.240. The first-order chi connectivity index (χ1) is 14.6. The number of anilines is 1. The summed E-state index contributed by atoms with van der Waals surface area (Å²) in [4.78, 5) is 15.2. The highest BCUT2D eigenvalue weighted by Crippen LogP contribution is 2.41. The fourth-order valence-corrected chi connectivity index (χ4v) is 4.06. The van der Waals surface area contributed by atoms with Crippen LogP contribution in [0.4, 0.5) is 10.5 Å². The SMILES string of the molecule is COc1cc2c(cc1OC)C(c1ccccc1)N(C(=O)Nc1ccccc1C)CC2. The van der Waals surface area contributed by atoms with Crippen LogP contribution < -0.4 is 14.8 Å². The normalized spacial score (nSPS) is 15.3. The number of urea groups is 1. The molecule has 0 aliphatic carbocycles. The quantitative estimate of drug-likeness (QED) is 0.653. The molecule has 0 saturated carbocycles. The number of aryl methyl sites for hydroxylation is 1. The van der Waals surface area contributed by atoms with Gasteiger partial charge in [-0.15, -0.1) is 0 Å². The highest BCUT2D eigenvalue weighted by Gasteiger charge is 2.33. The van der Waals surface area contributed by atoms with E-state index in [1.807, 2.05) is 66.4 Å². The van der Waals surface area contributed by atoms with Gasteiger partial charge < -0.3 is 19.7 Å². The third-order valence-corrected chi connectivity index (χ3v) is 5.64. The Morgan fingerprint density at radius 1 is 0.967 bits per heavy atom. The number of methoxy groups -OCH3 is 2. The van der Waals surface area contributed by atoms with Crippen LogP contribution in [-0.4, -0.2) is 31.7 Å². The van der Waals surface area contributed by atoms with E-state index in [0.29, 0.717) is 18.0 Å². The van der Waals surface area contributed by atoms with Crippen LogP contribution in [0.15, 0.2) is 66.7 Å². The Morgan fingerprint density at radius 3 is 2.33 bits per heavy atom. The van der Waals surface area contributed by atoms with Crippen LogP contribution >= 0.6 is 0 Å². The lowest BCUT2D eigenvalue weighted by Gasteiger charge is -2.38. The molecule has 0 spiro atoms. The second-order valence-electron chi connectivity index (χ2n) is 7.41. The van der Waals surface area contributed by atoms with Gasteiger partial charge in [0.2, 0.25) is 0 Å². The summed E-state index contributed by atoms with van der Waals surface area (Å²) >= 11 is 0. The van der Waals surface area contributed by atoms with Crippen LogP contribution in [0.25, 0.3) is 0 Å². The predicted octanol–water partition coefficient (Wildman–Crippen LogP) is 5.19. The van der Waals surface area contributed by atoms with Gasteiger partial charge in [-0.2, -0.15) is 0 Å². The number of fused-ring (bicyclic) bond motifs is 1. The monoisotopic (exact) mass is 402 g/mol. The van der Waals surface area contributed by atoms with E-state index in [2.05, 4.69) is 17.4 Å². The summed E-state index contributed by atoms with van der Waals surface area (Å²) in [7, 11) is 3.27. The molecule has 1 aliphatic rings. The second kappa shape index (κ2) is 8.49. The maximum atomic E-state index is 13.3. The third-order valence-electron chi connectivity index (χ3n) is 5.64. The number of benzene rings is 3. The molecular weight excluding hydrogens is 376 g/mol. The van der Waals surface area contributed by atoms with Gasteiger partial charge in [-0.05, 0) is 53.8 Å². The average Bonchev–Trinajstić information content (AvgIpc) is 2.79. The maximum Gasteiger partial charge on any atom is 0.322 e. The third kappa shape index (κ3) is 3.71. The number of amides is 2. The Hall–Kier alpha value is -3.47. The van der Waals surface area contributed by atoms with Crippen molar-refractivity contribution >= 4 is 11.7 Å². The molecule has 30 heavy (non-hydrogen) atoms. The number of para-hydroxylation sites is 1. The molecule has 0 fully saturated rings. The summed E-state index contributed by atoms with van der Waals surface area (Å²) < 4.78 is 11.0. The number of carbonyl (C=O) groups excluding carboxylic acids is 1. The zero-order valence-electron chi connectivity index (χ0n) is 17.5. The average molecular weight is 402 g/mol. The van der Waals surface area contributed by atoms with Crippen LogP contribution in [0.5, 0.6) is 11.5 Å². The van der Waals surface area contributed by atoms with Crippen LogP contribution in [0.1, 0.15) is 28.3 Å². The lowest BCUT2D eigenvalue weighted by molar-refractivity contribution is 0.193. The minimum absolute atomic E-state index is 0.112. The summed E-state index contributed by atoms with van der Waals surface area (Å²) in [5, 5.41) is 3.09. The number of carbonyl (C=O) groups is 1. The summed E-state index contributed by atoms with van der Waals surface area (Å²) in [5.74, 6) is 1.37. The van der Waals surface area contributed by atoms with E-state index in [1.165, 1.54) is 5.56 Å². The minimum Gasteiger partial charge on any atom is -0.493 e. The molecule has 1 atom stereocenters. The molecule has 0 saturated heterocycles. The molecule has 1 heterocycles. The summed E-state index contributed by atoms with van der Waals surface area (Å²) in [6.07, 6.45) is 0.750. The van der Waals surface area contributed by atoms with Crippen molar-refractivity contribution in [1.29, 1.82) is 0 Å². The van der Waals surface area contributed by atoms with Crippen molar-refractivity contribution in [3.8, 4) is 11.5 Å². The van der Waals surface area contributed by atoms with E-state index >= 15 is 0 Å². The summed E-state index contributed by atoms with van der Waals surface area (Å²) in [6.45, 7) is 2.60. The van der Waals surface area contributed by atoms with Crippen molar-refractivity contribution in [2.75, 3.05) is 26.1 Å². The molecule has 0 radical (unpaired) electrons. The molecule has 5 heteroatoms. The molecule has 3 aromatic rings. The van der Waals surface area contributed by atoms with Gasteiger partial charge in [0, 0.05) is 12.2 Å². The van der Waals surface area contributed by atoms with Gasteiger partial charge in [-0.25, -0.2) is 4.79 Å². The Balaban J connectivity index is 1.76. The number of nitrogens with zero attached hydrogens (tertiary/aromatic N) is 1. The fourth-order valence-electron chi connectivity index (χ4n) is 4.06. The van der Waals surface area contributed by atoms with E-state index in [-0.39, 0.29) is 12.1 Å². The molecule has 3 aromatic carbocycles. The molecule has 0 bridgehead atoms. The highest BCUT2D eigenvalue weighted by atomic mass is 16.5. The molecule has 2 amide bonds. The topological polar surface area (TPSA) is 50.8 Å². The van der Waals surface area contributed by atoms with E-state index < -0.39 is 0 Å². The van der Waals surface area contributed by atoms with Crippen molar-refractivity contribution in [3.05, 3.63) is 89.0 Å². The van der Waals surface area contributed by atoms with Gasteiger partial charge in [0.05, 0.1) is 20.3 Å². The number of nitrogens with one attached hydrogen (secondary N) is 1. The Bertz CT molecular complexity index is 1050. The zero-order chi connectivity index (χ0) is 21.1. The van der Waals surface area contributed by atoms with Crippen molar-refractivity contribution in [3.63, 3.8) is 0 Å². The zero-order valence-corrected chi connectivity index (χ0v) is 17.5. The predicted molar refractivity (Wildman–Crippen MR) is 118 cm³/mol. The summed E-state index contributed by atoms with van der Waals surface area (Å²) in [6, 6.07) is 21.6. The molecule has 4 rings (SSSR count). The Kier molecular flexibility index (Phi) is 5.61. The Morgan fingerprint density at radius 2 is 1.63 bits per heavy atom. The molecule has 1 aliphatic heterocycles. The van der Waals surface area contributed by atoms with Gasteiger partial charge in [-0.3, -0.25) is 0 Å². The molecule has 5 nitrogen and oxygen atoms in total. The molecule has 0 aromatic heterocycles. The first-order valence-corrected chi connectivity index (χ1v) is 10.1. The van der Waals surface area contributed by atoms with E-state index in [0.717, 1.165) is 28.8 Å². The molecule has 1 N–H and O–H groups in total. The van der Waals surface area contributed by atoms with Crippen molar-refractivity contribution < 1.29 is 14.3 Å². The van der Waals surface area contributed by atoms with Crippen LogP contribution in [0.2, 0.25) is 0 Å². The number of ether oxygens (including phenoxy) is 2. The molecule has 154 valence electrons. The van der Waals surface area contributed by atoms with E-state index in [9.17, 15) is 4.79 Å². The smallest absolute Gasteiger partial charge is 0.322 e. The molecule has 1 unspecified atom stereocenters. The lowest BCUT2D eigenvalue weighted by atomic mass is 9.88. The van der Waals surface area contributed by atoms with Crippen molar-refractivity contribution in [2.45, 2.75) is 19.4 Å². The van der Waals surface area contributed by atoms with Crippen LogP contribution in [0.3, 0.4) is 0 Å². The van der Waals surface area contributed by atoms with Crippen LogP contribution in [-0.2, 0) is 6.42 Å². The first-order valence-electron chi connectivity index (χ1n) is 10.1. The maximum absolute atomic E-state index is 13.3. The standard InChI is InChI=1S/C25H26N2O3/c1-17-9-7-8-12-21(17)26-25(28)27-14-13-19-15-22(29-2)23(30-3)16-20(19)24(27)18-10-5-4-6-11-18/h4-12,15-16,24H,13-14H2,1-3H3,(H,26,28). The molecular formula is C25H26N2O3. The largest absolute Gasteiger partial charge is 0.493 e. The van der Waals surface area contributed by atoms with Gasteiger partial charge >= 0.3 is 6.03 Å². The lowest BCUT2D eigenvalue weighted by Crippen LogP contribution is -2.43. The van der Waals surface area contributed by atoms with Crippen molar-refractivity contribution in [2.24, 2.45) is 0 Å². The number of rotatable bonds is 4. The first kappa shape index (κ1) is 19.8. The van der Waals surface area contributed by atoms with E-state index in [4.69, 9.17) is 9.47 Å².